The summed E-state index contributed by atoms with van der Waals surface area (Å²) in [6.45, 7) is 7.87. The number of carbonyl (C=O) groups excluding carboxylic acids is 2. The Balaban J connectivity index is 1.44. The van der Waals surface area contributed by atoms with E-state index in [4.69, 9.17) is 9.15 Å². The van der Waals surface area contributed by atoms with Gasteiger partial charge in [0.15, 0.2) is 0 Å². The van der Waals surface area contributed by atoms with Crippen LogP contribution in [-0.4, -0.2) is 40.7 Å². The number of carbonyl (C=O) groups is 2. The first kappa shape index (κ1) is 27.8. The monoisotopic (exact) mass is 555 g/mol. The third-order valence-corrected chi connectivity index (χ3v) is 6.87. The molecule has 0 saturated carbocycles. The molecule has 212 valence electrons. The topological polar surface area (TPSA) is 127 Å². The van der Waals surface area contributed by atoms with E-state index in [1.807, 2.05) is 42.5 Å². The summed E-state index contributed by atoms with van der Waals surface area (Å²) in [6, 6.07) is 16.1. The second-order valence-electron chi connectivity index (χ2n) is 10.9. The Morgan fingerprint density at radius 2 is 1.88 bits per heavy atom. The molecular formula is C31H33N5O5. The lowest BCUT2D eigenvalue weighted by Crippen LogP contribution is -2.45. The number of pyridine rings is 1. The standard InChI is InChI=1S/C31H33N5O5/c1-19-23(35-30(39)41-31(2,3)4)12-13-24-25(19)28(38)40-29(34-24)36-18-15-20-9-5-6-11-22(20)26(36)27(37)33-17-14-21-10-7-8-16-32-21/h5-13,16,26H,14-15,17-18H2,1-4H3,(H,33,37)(H,35,39). The van der Waals surface area contributed by atoms with E-state index in [0.717, 1.165) is 16.8 Å². The molecule has 41 heavy (non-hydrogen) atoms. The first-order valence-corrected chi connectivity index (χ1v) is 13.6. The zero-order valence-corrected chi connectivity index (χ0v) is 23.6. The van der Waals surface area contributed by atoms with Gasteiger partial charge in [-0.15, -0.1) is 0 Å². The fraction of sp³-hybridized carbons (Fsp3) is 0.323. The highest BCUT2D eigenvalue weighted by atomic mass is 16.6. The molecule has 2 N–H and O–H groups in total. The van der Waals surface area contributed by atoms with Crippen molar-refractivity contribution in [2.24, 2.45) is 0 Å². The number of aromatic nitrogens is 2. The van der Waals surface area contributed by atoms with E-state index in [9.17, 15) is 14.4 Å². The highest BCUT2D eigenvalue weighted by Gasteiger charge is 2.35. The molecule has 0 spiro atoms. The van der Waals surface area contributed by atoms with Crippen molar-refractivity contribution in [3.8, 4) is 0 Å². The first-order chi connectivity index (χ1) is 19.6. The fourth-order valence-corrected chi connectivity index (χ4v) is 4.99. The molecule has 5 rings (SSSR count). The van der Waals surface area contributed by atoms with Crippen LogP contribution < -0.4 is 21.2 Å². The molecule has 1 unspecified atom stereocenters. The van der Waals surface area contributed by atoms with Gasteiger partial charge in [-0.3, -0.25) is 15.1 Å². The van der Waals surface area contributed by atoms with Gasteiger partial charge in [0.2, 0.25) is 5.91 Å². The molecule has 10 heteroatoms. The second-order valence-corrected chi connectivity index (χ2v) is 10.9. The van der Waals surface area contributed by atoms with Crippen molar-refractivity contribution in [1.82, 2.24) is 15.3 Å². The third-order valence-electron chi connectivity index (χ3n) is 6.87. The number of nitrogens with zero attached hydrogens (tertiary/aromatic N) is 3. The van der Waals surface area contributed by atoms with Gasteiger partial charge in [-0.05, 0) is 75.1 Å². The Morgan fingerprint density at radius 3 is 2.63 bits per heavy atom. The molecule has 0 radical (unpaired) electrons. The molecule has 1 aliphatic rings. The molecule has 1 atom stereocenters. The van der Waals surface area contributed by atoms with Gasteiger partial charge >= 0.3 is 17.7 Å². The Labute approximate surface area is 237 Å². The average molecular weight is 556 g/mol. The quantitative estimate of drug-likeness (QED) is 0.351. The van der Waals surface area contributed by atoms with Crippen molar-refractivity contribution in [2.45, 2.75) is 52.2 Å². The van der Waals surface area contributed by atoms with E-state index in [2.05, 4.69) is 20.6 Å². The van der Waals surface area contributed by atoms with Gasteiger partial charge in [0.25, 0.3) is 0 Å². The number of hydrogen-bond acceptors (Lipinski definition) is 8. The smallest absolute Gasteiger partial charge is 0.412 e. The summed E-state index contributed by atoms with van der Waals surface area (Å²) >= 11 is 0. The predicted molar refractivity (Wildman–Crippen MR) is 156 cm³/mol. The van der Waals surface area contributed by atoms with Gasteiger partial charge in [0.05, 0.1) is 10.9 Å². The molecular weight excluding hydrogens is 522 g/mol. The van der Waals surface area contributed by atoms with Crippen LogP contribution in [0.5, 0.6) is 0 Å². The van der Waals surface area contributed by atoms with Crippen LogP contribution in [0.3, 0.4) is 0 Å². The third kappa shape index (κ3) is 6.21. The number of anilines is 2. The van der Waals surface area contributed by atoms with E-state index in [-0.39, 0.29) is 17.3 Å². The largest absolute Gasteiger partial charge is 0.444 e. The number of ether oxygens (including phenoxy) is 1. The molecule has 0 fully saturated rings. The van der Waals surface area contributed by atoms with Crippen LogP contribution in [0.2, 0.25) is 0 Å². The van der Waals surface area contributed by atoms with Crippen LogP contribution in [0.4, 0.5) is 16.5 Å². The Kier molecular flexibility index (Phi) is 7.74. The van der Waals surface area contributed by atoms with Crippen molar-refractivity contribution >= 4 is 34.6 Å². The molecule has 2 aromatic heterocycles. The Morgan fingerprint density at radius 1 is 1.10 bits per heavy atom. The normalized spacial score (nSPS) is 14.8. The molecule has 0 bridgehead atoms. The maximum Gasteiger partial charge on any atom is 0.412 e. The predicted octanol–water partition coefficient (Wildman–Crippen LogP) is 4.70. The first-order valence-electron chi connectivity index (χ1n) is 13.6. The summed E-state index contributed by atoms with van der Waals surface area (Å²) in [5.74, 6) is -0.217. The van der Waals surface area contributed by atoms with Crippen LogP contribution in [0.1, 0.15) is 49.2 Å². The van der Waals surface area contributed by atoms with Crippen LogP contribution >= 0.6 is 0 Å². The number of benzene rings is 2. The van der Waals surface area contributed by atoms with Crippen LogP contribution in [0.15, 0.2) is 70.0 Å². The fourth-order valence-electron chi connectivity index (χ4n) is 4.99. The van der Waals surface area contributed by atoms with Gasteiger partial charge < -0.3 is 19.4 Å². The summed E-state index contributed by atoms with van der Waals surface area (Å²) in [5, 5.41) is 5.96. The van der Waals surface area contributed by atoms with Crippen molar-refractivity contribution in [3.05, 3.63) is 93.6 Å². The number of hydrogen-bond donors (Lipinski definition) is 2. The van der Waals surface area contributed by atoms with Crippen LogP contribution in [-0.2, 0) is 22.4 Å². The van der Waals surface area contributed by atoms with E-state index in [1.165, 1.54) is 0 Å². The summed E-state index contributed by atoms with van der Waals surface area (Å²) in [6.07, 6.45) is 2.35. The lowest BCUT2D eigenvalue weighted by atomic mass is 9.92. The van der Waals surface area contributed by atoms with E-state index in [1.54, 1.807) is 50.9 Å². The zero-order chi connectivity index (χ0) is 29.1. The summed E-state index contributed by atoms with van der Waals surface area (Å²) < 4.78 is 11.1. The van der Waals surface area contributed by atoms with Gasteiger partial charge in [-0.1, -0.05) is 30.3 Å². The highest BCUT2D eigenvalue weighted by molar-refractivity contribution is 5.93. The van der Waals surface area contributed by atoms with Crippen molar-refractivity contribution in [2.75, 3.05) is 23.3 Å². The van der Waals surface area contributed by atoms with Crippen molar-refractivity contribution < 1.29 is 18.7 Å². The minimum absolute atomic E-state index is 0.0640. The molecule has 2 amide bonds. The second kappa shape index (κ2) is 11.4. The van der Waals surface area contributed by atoms with E-state index < -0.39 is 23.4 Å². The molecule has 0 aliphatic carbocycles. The van der Waals surface area contributed by atoms with Gasteiger partial charge in [-0.25, -0.2) is 9.59 Å². The molecule has 2 aromatic carbocycles. The summed E-state index contributed by atoms with van der Waals surface area (Å²) in [5.41, 5.74) is 2.84. The minimum Gasteiger partial charge on any atom is -0.444 e. The highest BCUT2D eigenvalue weighted by Crippen LogP contribution is 2.34. The Bertz CT molecular complexity index is 1640. The number of rotatable bonds is 6. The summed E-state index contributed by atoms with van der Waals surface area (Å²) in [4.78, 5) is 49.9. The average Bonchev–Trinajstić information content (AvgIpc) is 2.93. The lowest BCUT2D eigenvalue weighted by Gasteiger charge is -2.35. The number of nitrogens with one attached hydrogen (secondary N) is 2. The molecule has 4 aromatic rings. The van der Waals surface area contributed by atoms with Crippen molar-refractivity contribution in [1.29, 1.82) is 0 Å². The van der Waals surface area contributed by atoms with Crippen LogP contribution in [0.25, 0.3) is 10.9 Å². The maximum atomic E-state index is 13.6. The SMILES string of the molecule is Cc1c(NC(=O)OC(C)(C)C)ccc2nc(N3CCc4ccccc4C3C(=O)NCCc3ccccn3)oc(=O)c12. The summed E-state index contributed by atoms with van der Waals surface area (Å²) in [7, 11) is 0. The molecule has 3 heterocycles. The van der Waals surface area contributed by atoms with Gasteiger partial charge in [0.1, 0.15) is 11.6 Å². The minimum atomic E-state index is -0.731. The molecule has 1 aliphatic heterocycles. The van der Waals surface area contributed by atoms with E-state index >= 15 is 0 Å². The van der Waals surface area contributed by atoms with Crippen LogP contribution in [0, 0.1) is 6.92 Å². The van der Waals surface area contributed by atoms with Gasteiger partial charge in [0, 0.05) is 37.1 Å². The number of amides is 2. The maximum absolute atomic E-state index is 13.6. The van der Waals surface area contributed by atoms with Crippen molar-refractivity contribution in [3.63, 3.8) is 0 Å². The number of aryl methyl sites for hydroxylation is 1. The van der Waals surface area contributed by atoms with Gasteiger partial charge in [-0.2, -0.15) is 4.98 Å². The number of fused-ring (bicyclic) bond motifs is 2. The van der Waals surface area contributed by atoms with E-state index in [0.29, 0.717) is 42.7 Å². The Hall–Kier alpha value is -4.73. The molecule has 0 saturated heterocycles. The lowest BCUT2D eigenvalue weighted by molar-refractivity contribution is -0.122. The zero-order valence-electron chi connectivity index (χ0n) is 23.6. The molecule has 10 nitrogen and oxygen atoms in total.